The number of carbonyl (C=O) groups is 1. The lowest BCUT2D eigenvalue weighted by Gasteiger charge is -2.28. The van der Waals surface area contributed by atoms with Crippen LogP contribution in [-0.4, -0.2) is 36.4 Å². The molecule has 7 nitrogen and oxygen atoms in total. The maximum atomic E-state index is 12.6. The monoisotopic (exact) mass is 610 g/mol. The van der Waals surface area contributed by atoms with E-state index in [-0.39, 0.29) is 0 Å². The van der Waals surface area contributed by atoms with E-state index in [1.54, 1.807) is 6.20 Å². The van der Waals surface area contributed by atoms with Crippen molar-refractivity contribution < 1.29 is 14.6 Å². The highest BCUT2D eigenvalue weighted by Gasteiger charge is 2.32. The first-order chi connectivity index (χ1) is 20.4. The van der Waals surface area contributed by atoms with Crippen LogP contribution in [0.5, 0.6) is 0 Å². The van der Waals surface area contributed by atoms with Gasteiger partial charge in [-0.25, -0.2) is 9.78 Å². The molecular formula is C34H31ClN4O3S. The van der Waals surface area contributed by atoms with Crippen LogP contribution in [0.25, 0.3) is 54.1 Å². The summed E-state index contributed by atoms with van der Waals surface area (Å²) in [5.41, 5.74) is 7.96. The van der Waals surface area contributed by atoms with Crippen molar-refractivity contribution in [2.75, 3.05) is 0 Å². The number of aromatic nitrogens is 4. The molecule has 3 aromatic heterocycles. The lowest BCUT2D eigenvalue weighted by molar-refractivity contribution is -0.160. The van der Waals surface area contributed by atoms with E-state index in [1.807, 2.05) is 88.8 Å². The molecule has 3 aromatic carbocycles. The van der Waals surface area contributed by atoms with Crippen LogP contribution in [-0.2, 0) is 16.6 Å². The number of halogens is 1. The number of hydrogen-bond acceptors (Lipinski definition) is 6. The smallest absolute Gasteiger partial charge is 0.337 e. The van der Waals surface area contributed by atoms with Crippen molar-refractivity contribution in [1.29, 1.82) is 0 Å². The third-order valence-corrected chi connectivity index (χ3v) is 8.75. The van der Waals surface area contributed by atoms with Crippen molar-refractivity contribution in [2.24, 2.45) is 7.05 Å². The molecule has 0 aliphatic rings. The Labute approximate surface area is 258 Å². The zero-order valence-electron chi connectivity index (χ0n) is 24.8. The molecule has 3 heterocycles. The third kappa shape index (κ3) is 5.54. The summed E-state index contributed by atoms with van der Waals surface area (Å²) >= 11 is 7.77. The summed E-state index contributed by atoms with van der Waals surface area (Å²) in [4.78, 5) is 22.3. The fourth-order valence-corrected chi connectivity index (χ4v) is 6.73. The van der Waals surface area contributed by atoms with Gasteiger partial charge in [0.1, 0.15) is 5.01 Å². The summed E-state index contributed by atoms with van der Waals surface area (Å²) in [6.45, 7) is 9.50. The van der Waals surface area contributed by atoms with Gasteiger partial charge in [-0.15, -0.1) is 11.3 Å². The number of carboxylic acid groups (broad SMARTS) is 1. The molecule has 0 saturated heterocycles. The van der Waals surface area contributed by atoms with Gasteiger partial charge in [-0.2, -0.15) is 5.10 Å². The van der Waals surface area contributed by atoms with E-state index < -0.39 is 17.7 Å². The number of benzene rings is 3. The molecule has 6 rings (SSSR count). The number of ether oxygens (including phenoxy) is 1. The number of carboxylic acids is 1. The van der Waals surface area contributed by atoms with Gasteiger partial charge in [0.05, 0.1) is 32.7 Å². The Hall–Kier alpha value is -4.11. The van der Waals surface area contributed by atoms with E-state index in [0.717, 1.165) is 65.3 Å². The number of aryl methyl sites for hydroxylation is 3. The van der Waals surface area contributed by atoms with Crippen LogP contribution in [0.15, 0.2) is 66.9 Å². The fraction of sp³-hybridized carbons (Fsp3) is 0.235. The average Bonchev–Trinajstić information content (AvgIpc) is 3.51. The van der Waals surface area contributed by atoms with Gasteiger partial charge in [-0.3, -0.25) is 9.67 Å². The van der Waals surface area contributed by atoms with Crippen molar-refractivity contribution >= 4 is 50.0 Å². The van der Waals surface area contributed by atoms with Gasteiger partial charge in [-0.05, 0) is 88.2 Å². The lowest BCUT2D eigenvalue weighted by atomic mass is 9.91. The lowest BCUT2D eigenvalue weighted by Crippen LogP contribution is -2.28. The van der Waals surface area contributed by atoms with Gasteiger partial charge in [0, 0.05) is 45.9 Å². The Morgan fingerprint density at radius 2 is 1.72 bits per heavy atom. The zero-order chi connectivity index (χ0) is 30.6. The Balaban J connectivity index is 1.53. The van der Waals surface area contributed by atoms with Crippen LogP contribution in [0, 0.1) is 13.8 Å². The molecule has 0 spiro atoms. The first-order valence-corrected chi connectivity index (χ1v) is 15.1. The Morgan fingerprint density at radius 3 is 2.42 bits per heavy atom. The van der Waals surface area contributed by atoms with E-state index in [1.165, 1.54) is 11.3 Å². The van der Waals surface area contributed by atoms with E-state index in [4.69, 9.17) is 21.3 Å². The van der Waals surface area contributed by atoms with Crippen LogP contribution in [0.1, 0.15) is 43.7 Å². The first kappa shape index (κ1) is 29.0. The van der Waals surface area contributed by atoms with Gasteiger partial charge < -0.3 is 9.84 Å². The molecule has 1 atom stereocenters. The number of nitrogens with zero attached hydrogens (tertiary/aromatic N) is 4. The van der Waals surface area contributed by atoms with Crippen molar-refractivity contribution in [3.8, 4) is 33.0 Å². The normalized spacial score (nSPS) is 12.7. The minimum atomic E-state index is -1.17. The van der Waals surface area contributed by atoms with Crippen molar-refractivity contribution in [1.82, 2.24) is 19.7 Å². The molecule has 9 heteroatoms. The minimum Gasteiger partial charge on any atom is -0.479 e. The second kappa shape index (κ2) is 10.9. The summed E-state index contributed by atoms with van der Waals surface area (Å²) < 4.78 is 8.91. The predicted molar refractivity (Wildman–Crippen MR) is 174 cm³/mol. The first-order valence-electron chi connectivity index (χ1n) is 13.9. The van der Waals surface area contributed by atoms with E-state index in [0.29, 0.717) is 10.6 Å². The fourth-order valence-electron chi connectivity index (χ4n) is 5.48. The Morgan fingerprint density at radius 1 is 1.00 bits per heavy atom. The van der Waals surface area contributed by atoms with Crippen LogP contribution < -0.4 is 0 Å². The highest BCUT2D eigenvalue weighted by molar-refractivity contribution is 7.22. The molecule has 218 valence electrons. The number of fused-ring (bicyclic) bond motifs is 2. The summed E-state index contributed by atoms with van der Waals surface area (Å²) in [5.74, 6) is -1.04. The molecule has 0 unspecified atom stereocenters. The van der Waals surface area contributed by atoms with Crippen molar-refractivity contribution in [2.45, 2.75) is 46.3 Å². The molecule has 0 fully saturated rings. The number of aliphatic carboxylic acids is 1. The Bertz CT molecular complexity index is 2020. The second-order valence-electron chi connectivity index (χ2n) is 11.7. The quantitative estimate of drug-likeness (QED) is 0.203. The zero-order valence-corrected chi connectivity index (χ0v) is 26.3. The molecular weight excluding hydrogens is 580 g/mol. The summed E-state index contributed by atoms with van der Waals surface area (Å²) in [5, 5.41) is 17.4. The van der Waals surface area contributed by atoms with Crippen molar-refractivity contribution in [3.63, 3.8) is 0 Å². The third-order valence-electron chi connectivity index (χ3n) is 7.36. The van der Waals surface area contributed by atoms with Gasteiger partial charge in [-0.1, -0.05) is 29.8 Å². The minimum absolute atomic E-state index is 0.601. The number of thiazole rings is 1. The van der Waals surface area contributed by atoms with Gasteiger partial charge in [0.2, 0.25) is 0 Å². The highest BCUT2D eigenvalue weighted by Crippen LogP contribution is 2.44. The maximum absolute atomic E-state index is 12.6. The molecule has 43 heavy (non-hydrogen) atoms. The van der Waals surface area contributed by atoms with Crippen molar-refractivity contribution in [3.05, 3.63) is 88.7 Å². The number of pyridine rings is 1. The van der Waals surface area contributed by atoms with E-state index >= 15 is 0 Å². The molecule has 0 amide bonds. The van der Waals surface area contributed by atoms with Gasteiger partial charge in [0.25, 0.3) is 0 Å². The maximum Gasteiger partial charge on any atom is 0.337 e. The van der Waals surface area contributed by atoms with Gasteiger partial charge >= 0.3 is 5.97 Å². The highest BCUT2D eigenvalue weighted by atomic mass is 35.5. The molecule has 6 aromatic rings. The molecule has 0 saturated carbocycles. The molecule has 0 aliphatic carbocycles. The predicted octanol–water partition coefficient (Wildman–Crippen LogP) is 8.79. The van der Waals surface area contributed by atoms with Gasteiger partial charge in [0.15, 0.2) is 6.10 Å². The Kier molecular flexibility index (Phi) is 7.32. The van der Waals surface area contributed by atoms with E-state index in [9.17, 15) is 9.90 Å². The van der Waals surface area contributed by atoms with Crippen LogP contribution in [0.2, 0.25) is 5.02 Å². The standard InChI is InChI=1S/C34H31ClN4O3S/c1-18-15-26-31(29(20-7-10-23(35)11-8-20)28(18)30(33(40)41)42-34(3,4)5)43-32(37-26)22-13-14-36-25(17-22)21-9-12-27-24(16-21)19(2)38-39(27)6/h7-17,30H,1-6H3,(H,40,41)/t30-/m0/s1. The molecule has 0 radical (unpaired) electrons. The summed E-state index contributed by atoms with van der Waals surface area (Å²) in [6, 6.07) is 19.6. The van der Waals surface area contributed by atoms with E-state index in [2.05, 4.69) is 28.3 Å². The van der Waals surface area contributed by atoms with Crippen LogP contribution in [0.4, 0.5) is 0 Å². The second-order valence-corrected chi connectivity index (χ2v) is 13.1. The van der Waals surface area contributed by atoms with Crippen LogP contribution >= 0.6 is 22.9 Å². The average molecular weight is 611 g/mol. The summed E-state index contributed by atoms with van der Waals surface area (Å²) in [6.07, 6.45) is 0.629. The largest absolute Gasteiger partial charge is 0.479 e. The van der Waals surface area contributed by atoms with Crippen LogP contribution in [0.3, 0.4) is 0 Å². The molecule has 0 bridgehead atoms. The SMILES string of the molecule is Cc1cc2nc(-c3ccnc(-c4ccc5c(c4)c(C)nn5C)c3)sc2c(-c2ccc(Cl)cc2)c1[C@H](OC(C)(C)C)C(=O)O. The molecule has 1 N–H and O–H groups in total. The summed E-state index contributed by atoms with van der Waals surface area (Å²) in [7, 11) is 1.94. The number of hydrogen-bond donors (Lipinski definition) is 1. The topological polar surface area (TPSA) is 90.1 Å². The molecule has 0 aliphatic heterocycles. The number of rotatable bonds is 6.